The van der Waals surface area contributed by atoms with Crippen LogP contribution < -0.4 is 19.8 Å². The van der Waals surface area contributed by atoms with Gasteiger partial charge in [-0.15, -0.1) is 0 Å². The SMILES string of the molecule is CCCc1nc2ccc(Br)cc2c(=O)n1N=Cc1cc(OC)c(OCc2ccc([N+](=O)[O-])cc2)c(OC)c1. The Morgan fingerprint density at radius 3 is 2.37 bits per heavy atom. The summed E-state index contributed by atoms with van der Waals surface area (Å²) >= 11 is 3.41. The largest absolute Gasteiger partial charge is 0.493 e. The summed E-state index contributed by atoms with van der Waals surface area (Å²) in [4.78, 5) is 28.3. The van der Waals surface area contributed by atoms with E-state index in [1.165, 1.54) is 37.2 Å². The zero-order valence-electron chi connectivity index (χ0n) is 21.0. The highest BCUT2D eigenvalue weighted by atomic mass is 79.9. The second-order valence-corrected chi connectivity index (χ2v) is 9.18. The lowest BCUT2D eigenvalue weighted by Gasteiger charge is -2.15. The van der Waals surface area contributed by atoms with Gasteiger partial charge >= 0.3 is 0 Å². The van der Waals surface area contributed by atoms with Gasteiger partial charge in [-0.3, -0.25) is 14.9 Å². The first-order chi connectivity index (χ1) is 18.3. The number of nitro groups is 1. The van der Waals surface area contributed by atoms with Crippen molar-refractivity contribution in [2.45, 2.75) is 26.4 Å². The van der Waals surface area contributed by atoms with E-state index in [9.17, 15) is 14.9 Å². The number of non-ortho nitro benzene ring substituents is 1. The minimum absolute atomic E-state index is 0.00278. The van der Waals surface area contributed by atoms with Crippen LogP contribution in [0.1, 0.15) is 30.3 Å². The van der Waals surface area contributed by atoms with Gasteiger partial charge in [0, 0.05) is 28.6 Å². The van der Waals surface area contributed by atoms with E-state index in [-0.39, 0.29) is 17.9 Å². The van der Waals surface area contributed by atoms with Crippen molar-refractivity contribution in [1.29, 1.82) is 0 Å². The van der Waals surface area contributed by atoms with Crippen LogP contribution in [0.3, 0.4) is 0 Å². The fraction of sp³-hybridized carbons (Fsp3) is 0.222. The maximum atomic E-state index is 13.3. The van der Waals surface area contributed by atoms with Crippen LogP contribution in [-0.2, 0) is 13.0 Å². The Morgan fingerprint density at radius 1 is 1.08 bits per heavy atom. The number of methoxy groups -OCH3 is 2. The Labute approximate surface area is 226 Å². The smallest absolute Gasteiger partial charge is 0.282 e. The fourth-order valence-electron chi connectivity index (χ4n) is 3.81. The predicted molar refractivity (Wildman–Crippen MR) is 148 cm³/mol. The third-order valence-corrected chi connectivity index (χ3v) is 6.18. The third-order valence-electron chi connectivity index (χ3n) is 5.68. The number of ether oxygens (including phenoxy) is 3. The lowest BCUT2D eigenvalue weighted by Crippen LogP contribution is -2.22. The van der Waals surface area contributed by atoms with E-state index >= 15 is 0 Å². The van der Waals surface area contributed by atoms with Crippen molar-refractivity contribution in [2.24, 2.45) is 5.10 Å². The average Bonchev–Trinajstić information content (AvgIpc) is 2.92. The summed E-state index contributed by atoms with van der Waals surface area (Å²) in [6, 6.07) is 14.9. The Morgan fingerprint density at radius 2 is 1.76 bits per heavy atom. The van der Waals surface area contributed by atoms with E-state index in [2.05, 4.69) is 26.0 Å². The number of aryl methyl sites for hydroxylation is 1. The average molecular weight is 581 g/mol. The number of hydrogen-bond acceptors (Lipinski definition) is 8. The number of halogens is 1. The monoisotopic (exact) mass is 580 g/mol. The van der Waals surface area contributed by atoms with Gasteiger partial charge in [0.2, 0.25) is 5.75 Å². The van der Waals surface area contributed by atoms with Crippen molar-refractivity contribution >= 4 is 38.7 Å². The van der Waals surface area contributed by atoms with Gasteiger partial charge in [-0.25, -0.2) is 4.98 Å². The zero-order valence-corrected chi connectivity index (χ0v) is 22.6. The van der Waals surface area contributed by atoms with E-state index in [1.807, 2.05) is 13.0 Å². The standard InChI is InChI=1S/C27H25BrN4O6/c1-4-5-25-30-22-11-8-19(28)14-21(22)27(33)31(25)29-15-18-12-23(36-2)26(24(13-18)37-3)38-16-17-6-9-20(10-7-17)32(34)35/h6-15H,4-5,16H2,1-3H3. The molecule has 0 aliphatic heterocycles. The number of fused-ring (bicyclic) bond motifs is 1. The van der Waals surface area contributed by atoms with E-state index < -0.39 is 4.92 Å². The third kappa shape index (κ3) is 5.83. The number of benzene rings is 3. The number of nitro benzene ring substituents is 1. The molecule has 0 aliphatic rings. The maximum absolute atomic E-state index is 13.3. The molecule has 0 fully saturated rings. The highest BCUT2D eigenvalue weighted by Crippen LogP contribution is 2.38. The lowest BCUT2D eigenvalue weighted by molar-refractivity contribution is -0.384. The van der Waals surface area contributed by atoms with E-state index in [0.717, 1.165) is 16.5 Å². The topological polar surface area (TPSA) is 118 Å². The first kappa shape index (κ1) is 26.8. The quantitative estimate of drug-likeness (QED) is 0.138. The van der Waals surface area contributed by atoms with Gasteiger partial charge in [-0.05, 0) is 54.4 Å². The molecule has 0 saturated heterocycles. The first-order valence-corrected chi connectivity index (χ1v) is 12.5. The molecule has 0 aliphatic carbocycles. The molecule has 4 rings (SSSR count). The van der Waals surface area contributed by atoms with Crippen LogP contribution in [0.5, 0.6) is 17.2 Å². The second kappa shape index (κ2) is 11.9. The molecule has 38 heavy (non-hydrogen) atoms. The molecule has 11 heteroatoms. The molecule has 0 amide bonds. The van der Waals surface area contributed by atoms with Crippen molar-refractivity contribution in [3.63, 3.8) is 0 Å². The summed E-state index contributed by atoms with van der Waals surface area (Å²) in [5, 5.41) is 15.8. The molecule has 0 atom stereocenters. The summed E-state index contributed by atoms with van der Waals surface area (Å²) in [6.45, 7) is 2.16. The second-order valence-electron chi connectivity index (χ2n) is 8.27. The number of aromatic nitrogens is 2. The summed E-state index contributed by atoms with van der Waals surface area (Å²) in [6.07, 6.45) is 2.92. The number of nitrogens with zero attached hydrogens (tertiary/aromatic N) is 4. The molecule has 0 radical (unpaired) electrons. The molecular weight excluding hydrogens is 556 g/mol. The van der Waals surface area contributed by atoms with Crippen molar-refractivity contribution in [2.75, 3.05) is 14.2 Å². The van der Waals surface area contributed by atoms with Crippen molar-refractivity contribution in [3.8, 4) is 17.2 Å². The Kier molecular flexibility index (Phi) is 8.37. The van der Waals surface area contributed by atoms with Crippen LogP contribution in [0.2, 0.25) is 0 Å². The van der Waals surface area contributed by atoms with Crippen molar-refractivity contribution < 1.29 is 19.1 Å². The van der Waals surface area contributed by atoms with Crippen LogP contribution in [-0.4, -0.2) is 35.0 Å². The number of hydrogen-bond donors (Lipinski definition) is 0. The fourth-order valence-corrected chi connectivity index (χ4v) is 4.17. The molecule has 0 bridgehead atoms. The van der Waals surface area contributed by atoms with Crippen LogP contribution >= 0.6 is 15.9 Å². The molecule has 0 spiro atoms. The normalized spacial score (nSPS) is 11.2. The summed E-state index contributed by atoms with van der Waals surface area (Å²) in [5.74, 6) is 1.72. The highest BCUT2D eigenvalue weighted by molar-refractivity contribution is 9.10. The summed E-state index contributed by atoms with van der Waals surface area (Å²) in [7, 11) is 3.01. The van der Waals surface area contributed by atoms with E-state index in [1.54, 1.807) is 36.4 Å². The van der Waals surface area contributed by atoms with Gasteiger partial charge in [0.25, 0.3) is 11.2 Å². The van der Waals surface area contributed by atoms with Crippen molar-refractivity contribution in [3.05, 3.63) is 96.5 Å². The predicted octanol–water partition coefficient (Wildman–Crippen LogP) is 5.50. The summed E-state index contributed by atoms with van der Waals surface area (Å²) < 4.78 is 19.1. The number of rotatable bonds is 10. The maximum Gasteiger partial charge on any atom is 0.282 e. The Bertz CT molecular complexity index is 1540. The van der Waals surface area contributed by atoms with Gasteiger partial charge in [-0.1, -0.05) is 22.9 Å². The summed E-state index contributed by atoms with van der Waals surface area (Å²) in [5.41, 5.74) is 1.71. The molecule has 1 heterocycles. The minimum atomic E-state index is -0.455. The van der Waals surface area contributed by atoms with E-state index in [4.69, 9.17) is 14.2 Å². The Balaban J connectivity index is 1.66. The lowest BCUT2D eigenvalue weighted by atomic mass is 10.2. The van der Waals surface area contributed by atoms with Crippen LogP contribution in [0, 0.1) is 10.1 Å². The molecule has 1 aromatic heterocycles. The van der Waals surface area contributed by atoms with Gasteiger partial charge in [-0.2, -0.15) is 9.78 Å². The van der Waals surface area contributed by atoms with Crippen LogP contribution in [0.4, 0.5) is 5.69 Å². The molecular formula is C27H25BrN4O6. The van der Waals surface area contributed by atoms with Gasteiger partial charge in [0.15, 0.2) is 11.5 Å². The van der Waals surface area contributed by atoms with Crippen LogP contribution in [0.25, 0.3) is 10.9 Å². The first-order valence-electron chi connectivity index (χ1n) is 11.7. The molecule has 0 unspecified atom stereocenters. The van der Waals surface area contributed by atoms with E-state index in [0.29, 0.717) is 46.0 Å². The molecule has 10 nitrogen and oxygen atoms in total. The molecule has 0 N–H and O–H groups in total. The van der Waals surface area contributed by atoms with Gasteiger partial charge < -0.3 is 14.2 Å². The highest BCUT2D eigenvalue weighted by Gasteiger charge is 2.15. The zero-order chi connectivity index (χ0) is 27.2. The Hall–Kier alpha value is -4.25. The van der Waals surface area contributed by atoms with Crippen molar-refractivity contribution in [1.82, 2.24) is 9.66 Å². The van der Waals surface area contributed by atoms with Gasteiger partial charge in [0.05, 0.1) is 36.3 Å². The van der Waals surface area contributed by atoms with Crippen LogP contribution in [0.15, 0.2) is 69.0 Å². The van der Waals surface area contributed by atoms with Gasteiger partial charge in [0.1, 0.15) is 12.4 Å². The minimum Gasteiger partial charge on any atom is -0.493 e. The molecule has 196 valence electrons. The molecule has 3 aromatic carbocycles. The molecule has 4 aromatic rings. The molecule has 0 saturated carbocycles.